The van der Waals surface area contributed by atoms with E-state index in [0.29, 0.717) is 6.04 Å². The first-order chi connectivity index (χ1) is 8.65. The Balaban J connectivity index is 1.75. The summed E-state index contributed by atoms with van der Waals surface area (Å²) in [5.41, 5.74) is 1.89. The number of nitrogens with one attached hydrogen (secondary N) is 1. The molecule has 0 spiro atoms. The smallest absolute Gasteiger partial charge is 0.252 e. The Morgan fingerprint density at radius 2 is 1.89 bits per heavy atom. The number of benzene rings is 1. The maximum absolute atomic E-state index is 12.4. The molecule has 0 aliphatic heterocycles. The SMILES string of the molecule is Cc1ccc(Br)c(C(=O)NC(C2CC2)C2CC2)c1. The highest BCUT2D eigenvalue weighted by Crippen LogP contribution is 2.44. The quantitative estimate of drug-likeness (QED) is 0.903. The minimum absolute atomic E-state index is 0.0781. The first-order valence-corrected chi connectivity index (χ1v) is 7.51. The van der Waals surface area contributed by atoms with Gasteiger partial charge in [-0.25, -0.2) is 0 Å². The molecule has 1 N–H and O–H groups in total. The van der Waals surface area contributed by atoms with Crippen LogP contribution in [0.2, 0.25) is 0 Å². The van der Waals surface area contributed by atoms with Gasteiger partial charge in [-0.05, 0) is 72.5 Å². The van der Waals surface area contributed by atoms with Crippen LogP contribution in [0.5, 0.6) is 0 Å². The number of aryl methyl sites for hydroxylation is 1. The lowest BCUT2D eigenvalue weighted by Gasteiger charge is -2.18. The van der Waals surface area contributed by atoms with Gasteiger partial charge in [-0.2, -0.15) is 0 Å². The highest BCUT2D eigenvalue weighted by atomic mass is 79.9. The second-order valence-corrected chi connectivity index (χ2v) is 6.51. The van der Waals surface area contributed by atoms with E-state index in [0.717, 1.165) is 27.4 Å². The summed E-state index contributed by atoms with van der Waals surface area (Å²) in [5, 5.41) is 3.26. The van der Waals surface area contributed by atoms with E-state index < -0.39 is 0 Å². The van der Waals surface area contributed by atoms with E-state index >= 15 is 0 Å². The molecule has 0 aromatic heterocycles. The first kappa shape index (κ1) is 12.2. The Hall–Kier alpha value is -0.830. The van der Waals surface area contributed by atoms with Gasteiger partial charge < -0.3 is 5.32 Å². The highest BCUT2D eigenvalue weighted by Gasteiger charge is 2.42. The summed E-state index contributed by atoms with van der Waals surface area (Å²) in [7, 11) is 0. The lowest BCUT2D eigenvalue weighted by atomic mass is 10.1. The van der Waals surface area contributed by atoms with Gasteiger partial charge in [0.1, 0.15) is 0 Å². The average Bonchev–Trinajstić information content (AvgIpc) is 3.21. The van der Waals surface area contributed by atoms with Crippen LogP contribution >= 0.6 is 15.9 Å². The summed E-state index contributed by atoms with van der Waals surface area (Å²) in [6, 6.07) is 6.34. The number of hydrogen-bond donors (Lipinski definition) is 1. The highest BCUT2D eigenvalue weighted by molar-refractivity contribution is 9.10. The van der Waals surface area contributed by atoms with Gasteiger partial charge >= 0.3 is 0 Å². The second kappa shape index (κ2) is 4.69. The largest absolute Gasteiger partial charge is 0.349 e. The Labute approximate surface area is 116 Å². The molecule has 2 saturated carbocycles. The van der Waals surface area contributed by atoms with Crippen LogP contribution in [0.1, 0.15) is 41.6 Å². The summed E-state index contributed by atoms with van der Waals surface area (Å²) in [5.74, 6) is 1.56. The zero-order chi connectivity index (χ0) is 12.7. The van der Waals surface area contributed by atoms with Crippen molar-refractivity contribution in [1.29, 1.82) is 0 Å². The van der Waals surface area contributed by atoms with E-state index in [-0.39, 0.29) is 5.91 Å². The third kappa shape index (κ3) is 2.61. The fraction of sp³-hybridized carbons (Fsp3) is 0.533. The number of hydrogen-bond acceptors (Lipinski definition) is 1. The molecule has 18 heavy (non-hydrogen) atoms. The monoisotopic (exact) mass is 307 g/mol. The molecule has 1 aromatic rings. The second-order valence-electron chi connectivity index (χ2n) is 5.66. The molecule has 1 amide bonds. The Kier molecular flexibility index (Phi) is 3.18. The van der Waals surface area contributed by atoms with E-state index in [1.54, 1.807) is 0 Å². The topological polar surface area (TPSA) is 29.1 Å². The third-order valence-electron chi connectivity index (χ3n) is 3.92. The predicted octanol–water partition coefficient (Wildman–Crippen LogP) is 3.68. The zero-order valence-electron chi connectivity index (χ0n) is 10.6. The van der Waals surface area contributed by atoms with E-state index in [9.17, 15) is 4.79 Å². The van der Waals surface area contributed by atoms with E-state index in [1.807, 2.05) is 25.1 Å². The molecule has 2 aliphatic rings. The van der Waals surface area contributed by atoms with Crippen molar-refractivity contribution in [2.75, 3.05) is 0 Å². The van der Waals surface area contributed by atoms with Crippen LogP contribution in [-0.2, 0) is 0 Å². The van der Waals surface area contributed by atoms with Gasteiger partial charge in [0.05, 0.1) is 5.56 Å². The number of amides is 1. The van der Waals surface area contributed by atoms with Crippen molar-refractivity contribution in [2.45, 2.75) is 38.6 Å². The molecule has 1 aromatic carbocycles. The Morgan fingerprint density at radius 3 is 2.44 bits per heavy atom. The van der Waals surface area contributed by atoms with E-state index in [4.69, 9.17) is 0 Å². The molecule has 0 saturated heterocycles. The zero-order valence-corrected chi connectivity index (χ0v) is 12.2. The summed E-state index contributed by atoms with van der Waals surface area (Å²) in [6.45, 7) is 2.02. The summed E-state index contributed by atoms with van der Waals surface area (Å²) in [6.07, 6.45) is 5.15. The van der Waals surface area contributed by atoms with Crippen molar-refractivity contribution < 1.29 is 4.79 Å². The van der Waals surface area contributed by atoms with Crippen LogP contribution in [0.25, 0.3) is 0 Å². The molecule has 96 valence electrons. The summed E-state index contributed by atoms with van der Waals surface area (Å²) in [4.78, 5) is 12.4. The molecule has 2 fully saturated rings. The van der Waals surface area contributed by atoms with Gasteiger partial charge in [-0.15, -0.1) is 0 Å². The molecule has 0 radical (unpaired) electrons. The van der Waals surface area contributed by atoms with Gasteiger partial charge in [0.15, 0.2) is 0 Å². The molecule has 3 heteroatoms. The molecule has 2 nitrogen and oxygen atoms in total. The molecule has 0 atom stereocenters. The maximum atomic E-state index is 12.4. The van der Waals surface area contributed by atoms with Crippen molar-refractivity contribution in [2.24, 2.45) is 11.8 Å². The van der Waals surface area contributed by atoms with Gasteiger partial charge in [0.25, 0.3) is 5.91 Å². The fourth-order valence-corrected chi connectivity index (χ4v) is 3.00. The van der Waals surface area contributed by atoms with Crippen molar-refractivity contribution in [3.05, 3.63) is 33.8 Å². The molecular weight excluding hydrogens is 290 g/mol. The third-order valence-corrected chi connectivity index (χ3v) is 4.62. The van der Waals surface area contributed by atoms with Crippen LogP contribution in [0.15, 0.2) is 22.7 Å². The Bertz CT molecular complexity index is 465. The van der Waals surface area contributed by atoms with Crippen molar-refractivity contribution in [3.63, 3.8) is 0 Å². The number of rotatable bonds is 4. The van der Waals surface area contributed by atoms with Crippen LogP contribution < -0.4 is 5.32 Å². The van der Waals surface area contributed by atoms with E-state index in [1.165, 1.54) is 25.7 Å². The summed E-state index contributed by atoms with van der Waals surface area (Å²) < 4.78 is 0.885. The molecule has 3 rings (SSSR count). The first-order valence-electron chi connectivity index (χ1n) is 6.72. The molecule has 0 unspecified atom stereocenters. The van der Waals surface area contributed by atoms with Crippen LogP contribution in [0, 0.1) is 18.8 Å². The van der Waals surface area contributed by atoms with Crippen LogP contribution in [0.4, 0.5) is 0 Å². The number of halogens is 1. The van der Waals surface area contributed by atoms with Crippen molar-refractivity contribution >= 4 is 21.8 Å². The predicted molar refractivity (Wildman–Crippen MR) is 75.6 cm³/mol. The standard InChI is InChI=1S/C15H18BrNO/c1-9-2-7-13(16)12(8-9)15(18)17-14(10-3-4-10)11-5-6-11/h2,7-8,10-11,14H,3-6H2,1H3,(H,17,18). The average molecular weight is 308 g/mol. The fourth-order valence-electron chi connectivity index (χ4n) is 2.57. The lowest BCUT2D eigenvalue weighted by Crippen LogP contribution is -2.38. The minimum Gasteiger partial charge on any atom is -0.349 e. The maximum Gasteiger partial charge on any atom is 0.252 e. The molecule has 2 aliphatic carbocycles. The van der Waals surface area contributed by atoms with Gasteiger partial charge in [0, 0.05) is 10.5 Å². The van der Waals surface area contributed by atoms with Crippen molar-refractivity contribution in [1.82, 2.24) is 5.32 Å². The van der Waals surface area contributed by atoms with Gasteiger partial charge in [0.2, 0.25) is 0 Å². The van der Waals surface area contributed by atoms with Crippen molar-refractivity contribution in [3.8, 4) is 0 Å². The molecule has 0 heterocycles. The lowest BCUT2D eigenvalue weighted by molar-refractivity contribution is 0.0925. The van der Waals surface area contributed by atoms with Gasteiger partial charge in [-0.1, -0.05) is 11.6 Å². The summed E-state index contributed by atoms with van der Waals surface area (Å²) >= 11 is 3.47. The minimum atomic E-state index is 0.0781. The normalized spacial score (nSPS) is 19.1. The number of carbonyl (C=O) groups excluding carboxylic acids is 1. The molecular formula is C15H18BrNO. The van der Waals surface area contributed by atoms with Crippen LogP contribution in [0.3, 0.4) is 0 Å². The number of carbonyl (C=O) groups is 1. The van der Waals surface area contributed by atoms with Gasteiger partial charge in [-0.3, -0.25) is 4.79 Å². The molecule has 0 bridgehead atoms. The van der Waals surface area contributed by atoms with Crippen LogP contribution in [-0.4, -0.2) is 11.9 Å². The van der Waals surface area contributed by atoms with E-state index in [2.05, 4.69) is 21.2 Å². The Morgan fingerprint density at radius 1 is 1.28 bits per heavy atom.